The standard InChI is InChI=1S/C11H12F3N/c1-2-3-4-10(15)8-5-7(12)6-9(13)11(8)14/h2,5-6,10H,1,3-4,15H2/t10-/m0/s1. The van der Waals surface area contributed by atoms with Crippen molar-refractivity contribution in [1.82, 2.24) is 0 Å². The van der Waals surface area contributed by atoms with Crippen LogP contribution >= 0.6 is 0 Å². The molecule has 0 heterocycles. The molecule has 1 nitrogen and oxygen atoms in total. The van der Waals surface area contributed by atoms with Crippen LogP contribution in [0, 0.1) is 17.5 Å². The van der Waals surface area contributed by atoms with E-state index in [0.717, 1.165) is 6.07 Å². The Bertz CT molecular complexity index is 363. The zero-order valence-corrected chi connectivity index (χ0v) is 8.14. The van der Waals surface area contributed by atoms with Gasteiger partial charge in [-0.05, 0) is 18.9 Å². The first-order chi connectivity index (χ1) is 7.06. The molecule has 0 amide bonds. The van der Waals surface area contributed by atoms with Crippen LogP contribution in [0.1, 0.15) is 24.4 Å². The smallest absolute Gasteiger partial charge is 0.163 e. The van der Waals surface area contributed by atoms with Crippen molar-refractivity contribution in [2.45, 2.75) is 18.9 Å². The first kappa shape index (κ1) is 11.8. The summed E-state index contributed by atoms with van der Waals surface area (Å²) in [6.07, 6.45) is 2.59. The third-order valence-electron chi connectivity index (χ3n) is 2.10. The van der Waals surface area contributed by atoms with E-state index < -0.39 is 23.5 Å². The lowest BCUT2D eigenvalue weighted by Crippen LogP contribution is -2.13. The molecule has 2 N–H and O–H groups in total. The minimum absolute atomic E-state index is 0.130. The summed E-state index contributed by atoms with van der Waals surface area (Å²) < 4.78 is 38.9. The van der Waals surface area contributed by atoms with Gasteiger partial charge in [0.25, 0.3) is 0 Å². The van der Waals surface area contributed by atoms with Crippen molar-refractivity contribution in [3.05, 3.63) is 47.8 Å². The third kappa shape index (κ3) is 2.83. The Morgan fingerprint density at radius 1 is 1.33 bits per heavy atom. The lowest BCUT2D eigenvalue weighted by atomic mass is 10.0. The van der Waals surface area contributed by atoms with E-state index in [0.29, 0.717) is 18.9 Å². The second-order valence-electron chi connectivity index (χ2n) is 3.26. The van der Waals surface area contributed by atoms with Gasteiger partial charge in [0.05, 0.1) is 0 Å². The fraction of sp³-hybridized carbons (Fsp3) is 0.273. The van der Waals surface area contributed by atoms with Crippen molar-refractivity contribution in [2.24, 2.45) is 5.73 Å². The summed E-state index contributed by atoms with van der Waals surface area (Å²) in [7, 11) is 0. The van der Waals surface area contributed by atoms with Crippen LogP contribution in [0.2, 0.25) is 0 Å². The Hall–Kier alpha value is -1.29. The molecule has 4 heteroatoms. The van der Waals surface area contributed by atoms with Crippen LogP contribution in [0.25, 0.3) is 0 Å². The molecule has 1 atom stereocenters. The summed E-state index contributed by atoms with van der Waals surface area (Å²) in [5.74, 6) is -3.11. The first-order valence-electron chi connectivity index (χ1n) is 4.57. The van der Waals surface area contributed by atoms with Crippen molar-refractivity contribution in [3.8, 4) is 0 Å². The number of rotatable bonds is 4. The lowest BCUT2D eigenvalue weighted by Gasteiger charge is -2.12. The topological polar surface area (TPSA) is 26.0 Å². The molecule has 0 fully saturated rings. The van der Waals surface area contributed by atoms with E-state index in [4.69, 9.17) is 5.73 Å². The van der Waals surface area contributed by atoms with Crippen LogP contribution in [-0.4, -0.2) is 0 Å². The first-order valence-corrected chi connectivity index (χ1v) is 4.57. The van der Waals surface area contributed by atoms with E-state index in [2.05, 4.69) is 6.58 Å². The zero-order chi connectivity index (χ0) is 11.4. The van der Waals surface area contributed by atoms with Gasteiger partial charge in [0.15, 0.2) is 11.6 Å². The van der Waals surface area contributed by atoms with Crippen molar-refractivity contribution in [2.75, 3.05) is 0 Å². The molecule has 0 saturated carbocycles. The van der Waals surface area contributed by atoms with Gasteiger partial charge in [-0.15, -0.1) is 6.58 Å². The molecule has 0 aliphatic rings. The van der Waals surface area contributed by atoms with Crippen LogP contribution in [-0.2, 0) is 0 Å². The minimum Gasteiger partial charge on any atom is -0.324 e. The average Bonchev–Trinajstić information content (AvgIpc) is 2.19. The molecule has 0 saturated heterocycles. The number of benzene rings is 1. The average molecular weight is 215 g/mol. The van der Waals surface area contributed by atoms with Gasteiger partial charge < -0.3 is 5.73 Å². The van der Waals surface area contributed by atoms with Crippen molar-refractivity contribution in [3.63, 3.8) is 0 Å². The molecule has 1 rings (SSSR count). The Kier molecular flexibility index (Phi) is 3.91. The van der Waals surface area contributed by atoms with Gasteiger partial charge >= 0.3 is 0 Å². The highest BCUT2D eigenvalue weighted by Crippen LogP contribution is 2.22. The van der Waals surface area contributed by atoms with Gasteiger partial charge in [-0.2, -0.15) is 0 Å². The molecule has 0 aliphatic carbocycles. The summed E-state index contributed by atoms with van der Waals surface area (Å²) in [6, 6.07) is 0.707. The molecular weight excluding hydrogens is 203 g/mol. The highest BCUT2D eigenvalue weighted by atomic mass is 19.2. The molecule has 0 aromatic heterocycles. The summed E-state index contributed by atoms with van der Waals surface area (Å²) in [5.41, 5.74) is 5.47. The maximum absolute atomic E-state index is 13.2. The van der Waals surface area contributed by atoms with E-state index in [9.17, 15) is 13.2 Å². The fourth-order valence-electron chi connectivity index (χ4n) is 1.30. The number of allylic oxidation sites excluding steroid dienone is 1. The molecule has 1 aromatic rings. The van der Waals surface area contributed by atoms with Crippen LogP contribution in [0.15, 0.2) is 24.8 Å². The predicted octanol–water partition coefficient (Wildman–Crippen LogP) is 3.07. The maximum atomic E-state index is 13.2. The van der Waals surface area contributed by atoms with Gasteiger partial charge in [0.1, 0.15) is 5.82 Å². The van der Waals surface area contributed by atoms with Crippen molar-refractivity contribution >= 4 is 0 Å². The molecular formula is C11H12F3N. The van der Waals surface area contributed by atoms with E-state index >= 15 is 0 Å². The van der Waals surface area contributed by atoms with Gasteiger partial charge in [0, 0.05) is 17.7 Å². The van der Waals surface area contributed by atoms with Gasteiger partial charge in [-0.25, -0.2) is 13.2 Å². The number of hydrogen-bond acceptors (Lipinski definition) is 1. The van der Waals surface area contributed by atoms with Crippen molar-refractivity contribution < 1.29 is 13.2 Å². The summed E-state index contributed by atoms with van der Waals surface area (Å²) in [5, 5.41) is 0. The SMILES string of the molecule is C=CCC[C@H](N)c1cc(F)cc(F)c1F. The summed E-state index contributed by atoms with van der Waals surface area (Å²) in [4.78, 5) is 0. The fourth-order valence-corrected chi connectivity index (χ4v) is 1.30. The number of hydrogen-bond donors (Lipinski definition) is 1. The van der Waals surface area contributed by atoms with Crippen molar-refractivity contribution in [1.29, 1.82) is 0 Å². The van der Waals surface area contributed by atoms with Crippen LogP contribution in [0.3, 0.4) is 0 Å². The summed E-state index contributed by atoms with van der Waals surface area (Å²) in [6.45, 7) is 3.49. The number of nitrogens with two attached hydrogens (primary N) is 1. The van der Waals surface area contributed by atoms with Crippen LogP contribution in [0.5, 0.6) is 0 Å². The maximum Gasteiger partial charge on any atom is 0.163 e. The minimum atomic E-state index is -1.21. The van der Waals surface area contributed by atoms with Crippen LogP contribution in [0.4, 0.5) is 13.2 Å². The van der Waals surface area contributed by atoms with Gasteiger partial charge in [-0.1, -0.05) is 6.08 Å². The van der Waals surface area contributed by atoms with E-state index in [-0.39, 0.29) is 5.56 Å². The van der Waals surface area contributed by atoms with Gasteiger partial charge in [0.2, 0.25) is 0 Å². The largest absolute Gasteiger partial charge is 0.324 e. The third-order valence-corrected chi connectivity index (χ3v) is 2.10. The molecule has 0 bridgehead atoms. The molecule has 82 valence electrons. The quantitative estimate of drug-likeness (QED) is 0.606. The molecule has 1 aromatic carbocycles. The van der Waals surface area contributed by atoms with E-state index in [1.165, 1.54) is 0 Å². The second-order valence-corrected chi connectivity index (χ2v) is 3.26. The molecule has 15 heavy (non-hydrogen) atoms. The zero-order valence-electron chi connectivity index (χ0n) is 8.14. The van der Waals surface area contributed by atoms with E-state index in [1.54, 1.807) is 6.08 Å². The molecule has 0 unspecified atom stereocenters. The monoisotopic (exact) mass is 215 g/mol. The predicted molar refractivity (Wildman–Crippen MR) is 52.7 cm³/mol. The van der Waals surface area contributed by atoms with E-state index in [1.807, 2.05) is 0 Å². The lowest BCUT2D eigenvalue weighted by molar-refractivity contribution is 0.470. The summed E-state index contributed by atoms with van der Waals surface area (Å²) >= 11 is 0. The number of halogens is 3. The molecule has 0 spiro atoms. The Morgan fingerprint density at radius 3 is 2.60 bits per heavy atom. The van der Waals surface area contributed by atoms with Gasteiger partial charge in [-0.3, -0.25) is 0 Å². The normalized spacial score (nSPS) is 12.5. The Balaban J connectivity index is 2.96. The Labute approximate surface area is 86.4 Å². The van der Waals surface area contributed by atoms with Crippen LogP contribution < -0.4 is 5.73 Å². The highest BCUT2D eigenvalue weighted by molar-refractivity contribution is 5.23. The Morgan fingerprint density at radius 2 is 2.00 bits per heavy atom. The highest BCUT2D eigenvalue weighted by Gasteiger charge is 2.16. The molecule has 0 aliphatic heterocycles. The molecule has 0 radical (unpaired) electrons. The second kappa shape index (κ2) is 4.98.